The molecule has 3 rings (SSSR count). The number of nitrogens with zero attached hydrogens (tertiary/aromatic N) is 2. The molecule has 0 bridgehead atoms. The molecule has 0 aromatic carbocycles. The standard InChI is InChI=1S/C18H29N3/c1-15-8-9-16(12-20-15)13-21-11-5-10-19-18(14-21)17-6-3-2-4-7-17/h8-9,12,17-19H,2-7,10-11,13-14H2,1H3. The van der Waals surface area contributed by atoms with Crippen LogP contribution < -0.4 is 5.32 Å². The van der Waals surface area contributed by atoms with E-state index < -0.39 is 0 Å². The zero-order valence-corrected chi connectivity index (χ0v) is 13.4. The molecule has 2 heterocycles. The minimum Gasteiger partial charge on any atom is -0.312 e. The van der Waals surface area contributed by atoms with Gasteiger partial charge in [-0.15, -0.1) is 0 Å². The lowest BCUT2D eigenvalue weighted by molar-refractivity contribution is 0.201. The summed E-state index contributed by atoms with van der Waals surface area (Å²) in [7, 11) is 0. The third kappa shape index (κ3) is 4.27. The second-order valence-electron chi connectivity index (χ2n) is 6.86. The highest BCUT2D eigenvalue weighted by molar-refractivity contribution is 5.13. The molecule has 1 aliphatic carbocycles. The van der Waals surface area contributed by atoms with Gasteiger partial charge in [0.1, 0.15) is 0 Å². The average molecular weight is 287 g/mol. The fraction of sp³-hybridized carbons (Fsp3) is 0.722. The van der Waals surface area contributed by atoms with Crippen LogP contribution >= 0.6 is 0 Å². The van der Waals surface area contributed by atoms with Gasteiger partial charge in [0.25, 0.3) is 0 Å². The Morgan fingerprint density at radius 2 is 2.05 bits per heavy atom. The van der Waals surface area contributed by atoms with Gasteiger partial charge in [-0.1, -0.05) is 25.3 Å². The molecule has 2 aliphatic rings. The van der Waals surface area contributed by atoms with Crippen LogP contribution in [0.15, 0.2) is 18.3 Å². The minimum atomic E-state index is 0.700. The van der Waals surface area contributed by atoms with E-state index >= 15 is 0 Å². The van der Waals surface area contributed by atoms with Gasteiger partial charge in [0.05, 0.1) is 0 Å². The molecule has 1 N–H and O–H groups in total. The average Bonchev–Trinajstić information content (AvgIpc) is 2.76. The van der Waals surface area contributed by atoms with E-state index in [9.17, 15) is 0 Å². The van der Waals surface area contributed by atoms with Gasteiger partial charge in [-0.05, 0) is 56.8 Å². The van der Waals surface area contributed by atoms with E-state index in [1.54, 1.807) is 0 Å². The van der Waals surface area contributed by atoms with Gasteiger partial charge in [0.15, 0.2) is 0 Å². The van der Waals surface area contributed by atoms with Crippen molar-refractivity contribution in [2.24, 2.45) is 5.92 Å². The Labute approximate surface area is 129 Å². The molecule has 3 nitrogen and oxygen atoms in total. The van der Waals surface area contributed by atoms with E-state index in [1.807, 2.05) is 6.20 Å². The Bertz CT molecular complexity index is 423. The Hall–Kier alpha value is -0.930. The molecule has 1 atom stereocenters. The first kappa shape index (κ1) is 15.0. The van der Waals surface area contributed by atoms with Crippen LogP contribution in [0, 0.1) is 12.8 Å². The van der Waals surface area contributed by atoms with E-state index in [2.05, 4.69) is 34.3 Å². The van der Waals surface area contributed by atoms with Crippen molar-refractivity contribution in [3.63, 3.8) is 0 Å². The van der Waals surface area contributed by atoms with Crippen molar-refractivity contribution in [1.82, 2.24) is 15.2 Å². The lowest BCUT2D eigenvalue weighted by Crippen LogP contribution is -2.43. The SMILES string of the molecule is Cc1ccc(CN2CCCNC(C3CCCCC3)C2)cn1. The van der Waals surface area contributed by atoms with Gasteiger partial charge in [-0.2, -0.15) is 0 Å². The topological polar surface area (TPSA) is 28.2 Å². The minimum absolute atomic E-state index is 0.700. The highest BCUT2D eigenvalue weighted by Crippen LogP contribution is 2.27. The van der Waals surface area contributed by atoms with Crippen LogP contribution in [0.5, 0.6) is 0 Å². The summed E-state index contributed by atoms with van der Waals surface area (Å²) >= 11 is 0. The van der Waals surface area contributed by atoms with Crippen molar-refractivity contribution in [2.75, 3.05) is 19.6 Å². The summed E-state index contributed by atoms with van der Waals surface area (Å²) in [6.07, 6.45) is 10.5. The second kappa shape index (κ2) is 7.37. The van der Waals surface area contributed by atoms with E-state index in [0.717, 1.165) is 18.2 Å². The summed E-state index contributed by atoms with van der Waals surface area (Å²) in [5.41, 5.74) is 2.46. The van der Waals surface area contributed by atoms with Crippen LogP contribution in [0.1, 0.15) is 49.8 Å². The summed E-state index contributed by atoms with van der Waals surface area (Å²) in [5, 5.41) is 3.82. The maximum Gasteiger partial charge on any atom is 0.0372 e. The fourth-order valence-electron chi connectivity index (χ4n) is 3.87. The summed E-state index contributed by atoms with van der Waals surface area (Å²) in [6, 6.07) is 5.06. The van der Waals surface area contributed by atoms with Crippen molar-refractivity contribution in [2.45, 2.75) is 58.0 Å². The molecule has 0 amide bonds. The fourth-order valence-corrected chi connectivity index (χ4v) is 3.87. The molecule has 1 aromatic heterocycles. The predicted octanol–water partition coefficient (Wildman–Crippen LogP) is 3.13. The van der Waals surface area contributed by atoms with Crippen molar-refractivity contribution in [1.29, 1.82) is 0 Å². The molecule has 3 heteroatoms. The van der Waals surface area contributed by atoms with E-state index in [-0.39, 0.29) is 0 Å². The van der Waals surface area contributed by atoms with E-state index in [0.29, 0.717) is 6.04 Å². The third-order valence-electron chi connectivity index (χ3n) is 5.11. The quantitative estimate of drug-likeness (QED) is 0.926. The molecule has 1 aromatic rings. The summed E-state index contributed by atoms with van der Waals surface area (Å²) in [4.78, 5) is 7.07. The van der Waals surface area contributed by atoms with Crippen molar-refractivity contribution < 1.29 is 0 Å². The Kier molecular flexibility index (Phi) is 5.26. The molecule has 116 valence electrons. The molecule has 1 saturated heterocycles. The van der Waals surface area contributed by atoms with Crippen LogP contribution in [0.4, 0.5) is 0 Å². The van der Waals surface area contributed by atoms with Crippen LogP contribution in [-0.4, -0.2) is 35.6 Å². The monoisotopic (exact) mass is 287 g/mol. The summed E-state index contributed by atoms with van der Waals surface area (Å²) in [6.45, 7) is 6.71. The first-order chi connectivity index (χ1) is 10.3. The third-order valence-corrected chi connectivity index (χ3v) is 5.11. The molecule has 2 fully saturated rings. The van der Waals surface area contributed by atoms with Gasteiger partial charge in [0.2, 0.25) is 0 Å². The number of nitrogens with one attached hydrogen (secondary N) is 1. The number of aromatic nitrogens is 1. The first-order valence-corrected chi connectivity index (χ1v) is 8.68. The Morgan fingerprint density at radius 1 is 1.19 bits per heavy atom. The lowest BCUT2D eigenvalue weighted by Gasteiger charge is -2.33. The molecule has 21 heavy (non-hydrogen) atoms. The van der Waals surface area contributed by atoms with Crippen LogP contribution in [-0.2, 0) is 6.54 Å². The van der Waals surface area contributed by atoms with Gasteiger partial charge in [0, 0.05) is 31.0 Å². The van der Waals surface area contributed by atoms with Crippen LogP contribution in [0.3, 0.4) is 0 Å². The lowest BCUT2D eigenvalue weighted by atomic mass is 9.83. The molecule has 0 radical (unpaired) electrons. The molecule has 1 saturated carbocycles. The molecule has 1 aliphatic heterocycles. The Balaban J connectivity index is 1.60. The zero-order valence-electron chi connectivity index (χ0n) is 13.4. The second-order valence-corrected chi connectivity index (χ2v) is 6.86. The number of rotatable bonds is 3. The highest BCUT2D eigenvalue weighted by Gasteiger charge is 2.26. The summed E-state index contributed by atoms with van der Waals surface area (Å²) in [5.74, 6) is 0.899. The van der Waals surface area contributed by atoms with Crippen LogP contribution in [0.25, 0.3) is 0 Å². The maximum atomic E-state index is 4.43. The predicted molar refractivity (Wildman–Crippen MR) is 87.2 cm³/mol. The smallest absolute Gasteiger partial charge is 0.0372 e. The maximum absolute atomic E-state index is 4.43. The molecule has 1 unspecified atom stereocenters. The van der Waals surface area contributed by atoms with Crippen molar-refractivity contribution in [3.8, 4) is 0 Å². The zero-order chi connectivity index (χ0) is 14.5. The van der Waals surface area contributed by atoms with E-state index in [1.165, 1.54) is 63.7 Å². The van der Waals surface area contributed by atoms with Crippen molar-refractivity contribution >= 4 is 0 Å². The van der Waals surface area contributed by atoms with Gasteiger partial charge < -0.3 is 5.32 Å². The number of hydrogen-bond acceptors (Lipinski definition) is 3. The number of pyridine rings is 1. The van der Waals surface area contributed by atoms with Gasteiger partial charge >= 0.3 is 0 Å². The van der Waals surface area contributed by atoms with Crippen LogP contribution in [0.2, 0.25) is 0 Å². The highest BCUT2D eigenvalue weighted by atomic mass is 15.2. The molecular weight excluding hydrogens is 258 g/mol. The van der Waals surface area contributed by atoms with Gasteiger partial charge in [-0.25, -0.2) is 0 Å². The molecular formula is C18H29N3. The largest absolute Gasteiger partial charge is 0.312 e. The first-order valence-electron chi connectivity index (χ1n) is 8.68. The van der Waals surface area contributed by atoms with Crippen molar-refractivity contribution in [3.05, 3.63) is 29.6 Å². The molecule has 0 spiro atoms. The Morgan fingerprint density at radius 3 is 2.81 bits per heavy atom. The summed E-state index contributed by atoms with van der Waals surface area (Å²) < 4.78 is 0. The number of hydrogen-bond donors (Lipinski definition) is 1. The number of aryl methyl sites for hydroxylation is 1. The normalized spacial score (nSPS) is 25.7. The van der Waals surface area contributed by atoms with Gasteiger partial charge in [-0.3, -0.25) is 9.88 Å². The van der Waals surface area contributed by atoms with E-state index in [4.69, 9.17) is 0 Å².